The lowest BCUT2D eigenvalue weighted by molar-refractivity contribution is 0.0704. The Hall–Kier alpha value is 0.154. The van der Waals surface area contributed by atoms with Crippen molar-refractivity contribution >= 4 is 17.6 Å². The van der Waals surface area contributed by atoms with Gasteiger partial charge in [-0.15, -0.1) is 0 Å². The average Bonchev–Trinajstić information content (AvgIpc) is 2.56. The van der Waals surface area contributed by atoms with Gasteiger partial charge in [-0.1, -0.05) is 0 Å². The van der Waals surface area contributed by atoms with Gasteiger partial charge in [0.15, 0.2) is 0 Å². The van der Waals surface area contributed by atoms with Gasteiger partial charge in [-0.3, -0.25) is 0 Å². The van der Waals surface area contributed by atoms with Gasteiger partial charge in [0.25, 0.3) is 0 Å². The molecule has 0 aromatic heterocycles. The summed E-state index contributed by atoms with van der Waals surface area (Å²) in [7, 11) is -5.16. The number of rotatable bonds is 18. The van der Waals surface area contributed by atoms with Crippen LogP contribution in [-0.4, -0.2) is 70.3 Å². The second-order valence-electron chi connectivity index (χ2n) is 5.21. The van der Waals surface area contributed by atoms with Crippen LogP contribution in [0.2, 0.25) is 12.1 Å². The Balaban J connectivity index is 4.49. The fourth-order valence-corrected chi connectivity index (χ4v) is 7.58. The van der Waals surface area contributed by atoms with Crippen LogP contribution in [0, 0.1) is 0 Å². The molecule has 0 heterocycles. The molecule has 0 saturated carbocycles. The topological polar surface area (TPSA) is 67.4 Å². The smallest absolute Gasteiger partial charge is 0.374 e. The summed E-state index contributed by atoms with van der Waals surface area (Å²) < 4.78 is 35.2. The molecule has 0 saturated heterocycles. The molecule has 0 bridgehead atoms. The van der Waals surface area contributed by atoms with Crippen molar-refractivity contribution in [3.63, 3.8) is 0 Å². The molecule has 25 heavy (non-hydrogen) atoms. The number of hydrogen-bond acceptors (Lipinski definition) is 7. The lowest BCUT2D eigenvalue weighted by atomic mass is 10.6. The zero-order valence-corrected chi connectivity index (χ0v) is 19.0. The highest BCUT2D eigenvalue weighted by Crippen LogP contribution is 2.17. The maximum absolute atomic E-state index is 5.86. The predicted molar refractivity (Wildman–Crippen MR) is 104 cm³/mol. The number of nitrogens with one attached hydrogen (secondary N) is 1. The van der Waals surface area contributed by atoms with Crippen molar-refractivity contribution in [2.75, 3.05) is 52.7 Å². The molecular formula is C16H39NO6Si2. The van der Waals surface area contributed by atoms with Crippen LogP contribution < -0.4 is 5.32 Å². The molecule has 0 atom stereocenters. The maximum Gasteiger partial charge on any atom is 0.502 e. The van der Waals surface area contributed by atoms with E-state index < -0.39 is 17.6 Å². The Kier molecular flexibility index (Phi) is 15.3. The Morgan fingerprint density at radius 3 is 0.920 bits per heavy atom. The first kappa shape index (κ1) is 25.2. The van der Waals surface area contributed by atoms with E-state index in [1.165, 1.54) is 0 Å². The van der Waals surface area contributed by atoms with E-state index in [9.17, 15) is 0 Å². The molecule has 0 unspecified atom stereocenters. The Morgan fingerprint density at radius 2 is 0.720 bits per heavy atom. The predicted octanol–water partition coefficient (Wildman–Crippen LogP) is 2.67. The van der Waals surface area contributed by atoms with Crippen molar-refractivity contribution < 1.29 is 26.6 Å². The summed E-state index contributed by atoms with van der Waals surface area (Å²) in [6.07, 6.45) is 0. The summed E-state index contributed by atoms with van der Waals surface area (Å²) in [6, 6.07) is 1.49. The molecule has 0 amide bonds. The Labute approximate surface area is 156 Å². The van der Waals surface area contributed by atoms with E-state index in [2.05, 4.69) is 5.32 Å². The average molecular weight is 398 g/mol. The van der Waals surface area contributed by atoms with E-state index in [0.717, 1.165) is 25.2 Å². The van der Waals surface area contributed by atoms with Crippen LogP contribution in [0.25, 0.3) is 0 Å². The van der Waals surface area contributed by atoms with Crippen LogP contribution >= 0.6 is 0 Å². The van der Waals surface area contributed by atoms with Crippen molar-refractivity contribution in [1.29, 1.82) is 0 Å². The van der Waals surface area contributed by atoms with Crippen molar-refractivity contribution in [2.24, 2.45) is 0 Å². The molecule has 0 aliphatic carbocycles. The minimum absolute atomic E-state index is 0.598. The molecule has 9 heteroatoms. The van der Waals surface area contributed by atoms with Crippen molar-refractivity contribution in [1.82, 2.24) is 5.32 Å². The van der Waals surface area contributed by atoms with Crippen molar-refractivity contribution in [2.45, 2.75) is 53.6 Å². The van der Waals surface area contributed by atoms with Gasteiger partial charge >= 0.3 is 17.6 Å². The van der Waals surface area contributed by atoms with Gasteiger partial charge in [0.2, 0.25) is 0 Å². The molecule has 0 rings (SSSR count). The zero-order chi connectivity index (χ0) is 19.0. The van der Waals surface area contributed by atoms with Gasteiger partial charge in [0.05, 0.1) is 0 Å². The van der Waals surface area contributed by atoms with Crippen LogP contribution in [0.5, 0.6) is 0 Å². The van der Waals surface area contributed by atoms with E-state index in [1.807, 2.05) is 41.5 Å². The summed E-state index contributed by atoms with van der Waals surface area (Å²) in [6.45, 7) is 17.0. The van der Waals surface area contributed by atoms with Crippen LogP contribution in [0.3, 0.4) is 0 Å². The molecule has 0 spiro atoms. The third-order valence-corrected chi connectivity index (χ3v) is 9.50. The quantitative estimate of drug-likeness (QED) is 0.282. The second kappa shape index (κ2) is 15.2. The van der Waals surface area contributed by atoms with Gasteiger partial charge in [-0.05, 0) is 54.6 Å². The van der Waals surface area contributed by atoms with Gasteiger partial charge < -0.3 is 31.9 Å². The molecule has 7 nitrogen and oxygen atoms in total. The maximum atomic E-state index is 5.86. The summed E-state index contributed by atoms with van der Waals surface area (Å²) >= 11 is 0. The fourth-order valence-electron chi connectivity index (χ4n) is 2.61. The van der Waals surface area contributed by atoms with Crippen molar-refractivity contribution in [3.05, 3.63) is 0 Å². The van der Waals surface area contributed by atoms with Gasteiger partial charge in [0, 0.05) is 51.7 Å². The number of hydrogen-bond donors (Lipinski definition) is 1. The Bertz CT molecular complexity index is 250. The van der Waals surface area contributed by atoms with E-state index >= 15 is 0 Å². The van der Waals surface area contributed by atoms with Crippen LogP contribution in [0.1, 0.15) is 41.5 Å². The summed E-state index contributed by atoms with van der Waals surface area (Å²) in [4.78, 5) is 0. The monoisotopic (exact) mass is 397 g/mol. The molecule has 0 aliphatic heterocycles. The minimum atomic E-state index is -2.58. The Morgan fingerprint density at radius 1 is 0.480 bits per heavy atom. The van der Waals surface area contributed by atoms with E-state index in [1.54, 1.807) is 0 Å². The van der Waals surface area contributed by atoms with Crippen LogP contribution in [0.15, 0.2) is 0 Å². The first-order chi connectivity index (χ1) is 12.1. The minimum Gasteiger partial charge on any atom is -0.374 e. The SMILES string of the molecule is CCO[Si](CCNCC[Si](OCC)(OCC)OCC)(OCC)OCC. The molecule has 0 aromatic rings. The van der Waals surface area contributed by atoms with Crippen LogP contribution in [0.4, 0.5) is 0 Å². The normalized spacial score (nSPS) is 12.7. The van der Waals surface area contributed by atoms with E-state index in [-0.39, 0.29) is 0 Å². The van der Waals surface area contributed by atoms with Crippen LogP contribution in [-0.2, 0) is 26.6 Å². The molecule has 152 valence electrons. The fraction of sp³-hybridized carbons (Fsp3) is 1.00. The third-order valence-electron chi connectivity index (χ3n) is 3.40. The van der Waals surface area contributed by atoms with Crippen molar-refractivity contribution in [3.8, 4) is 0 Å². The van der Waals surface area contributed by atoms with E-state index in [0.29, 0.717) is 39.6 Å². The third kappa shape index (κ3) is 10.2. The van der Waals surface area contributed by atoms with Gasteiger partial charge in [-0.2, -0.15) is 0 Å². The summed E-state index contributed by atoms with van der Waals surface area (Å²) in [5.74, 6) is 0. The highest BCUT2D eigenvalue weighted by molar-refractivity contribution is 6.61. The lowest BCUT2D eigenvalue weighted by Crippen LogP contribution is -2.49. The molecule has 0 radical (unpaired) electrons. The van der Waals surface area contributed by atoms with Gasteiger partial charge in [-0.25, -0.2) is 0 Å². The lowest BCUT2D eigenvalue weighted by Gasteiger charge is -2.29. The van der Waals surface area contributed by atoms with E-state index in [4.69, 9.17) is 26.6 Å². The molecule has 0 aliphatic rings. The van der Waals surface area contributed by atoms with Gasteiger partial charge in [0.1, 0.15) is 0 Å². The standard InChI is InChI=1S/C16H39NO6Si2/c1-7-18-24(19-8-2,20-9-3)15-13-17-14-16-25(21-10-4,22-11-5)23-12-6/h17H,7-16H2,1-6H3. The molecule has 1 N–H and O–H groups in total. The highest BCUT2D eigenvalue weighted by atomic mass is 28.4. The molecule has 0 aromatic carbocycles. The first-order valence-electron chi connectivity index (χ1n) is 9.61. The largest absolute Gasteiger partial charge is 0.502 e. The summed E-state index contributed by atoms with van der Waals surface area (Å²) in [5.41, 5.74) is 0. The first-order valence-corrected chi connectivity index (χ1v) is 13.5. The highest BCUT2D eigenvalue weighted by Gasteiger charge is 2.41. The zero-order valence-electron chi connectivity index (χ0n) is 17.0. The molecular weight excluding hydrogens is 358 g/mol. The second-order valence-corrected chi connectivity index (χ2v) is 10.7. The molecule has 0 fully saturated rings. The summed E-state index contributed by atoms with van der Waals surface area (Å²) in [5, 5.41) is 3.44.